The van der Waals surface area contributed by atoms with Crippen LogP contribution in [0.2, 0.25) is 5.02 Å². The number of carbonyl (C=O) groups excluding carboxylic acids is 1. The van der Waals surface area contributed by atoms with Crippen LogP contribution < -0.4 is 4.74 Å². The van der Waals surface area contributed by atoms with E-state index in [0.29, 0.717) is 17.3 Å². The molecule has 22 heavy (non-hydrogen) atoms. The van der Waals surface area contributed by atoms with Gasteiger partial charge in [-0.3, -0.25) is 4.79 Å². The van der Waals surface area contributed by atoms with Crippen LogP contribution in [-0.4, -0.2) is 23.9 Å². The molecule has 1 aromatic heterocycles. The Morgan fingerprint density at radius 2 is 2.05 bits per heavy atom. The zero-order valence-corrected chi connectivity index (χ0v) is 12.6. The van der Waals surface area contributed by atoms with Crippen molar-refractivity contribution in [2.24, 2.45) is 0 Å². The van der Waals surface area contributed by atoms with Crippen LogP contribution in [0.5, 0.6) is 5.75 Å². The van der Waals surface area contributed by atoms with Gasteiger partial charge in [0.25, 0.3) is 5.91 Å². The van der Waals surface area contributed by atoms with Crippen LogP contribution in [0.25, 0.3) is 0 Å². The minimum atomic E-state index is -0.422. The summed E-state index contributed by atoms with van der Waals surface area (Å²) < 4.78 is 23.9. The van der Waals surface area contributed by atoms with Gasteiger partial charge in [0.1, 0.15) is 23.9 Å². The lowest BCUT2D eigenvalue weighted by Gasteiger charge is -2.12. The van der Waals surface area contributed by atoms with E-state index < -0.39 is 5.82 Å². The monoisotopic (exact) mass is 323 g/mol. The molecule has 2 aromatic rings. The quantitative estimate of drug-likeness (QED) is 0.857. The largest absolute Gasteiger partial charge is 0.484 e. The second-order valence-corrected chi connectivity index (χ2v) is 5.54. The van der Waals surface area contributed by atoms with Crippen molar-refractivity contribution in [1.29, 1.82) is 0 Å². The number of amides is 1. The molecule has 4 nitrogen and oxygen atoms in total. The zero-order valence-electron chi connectivity index (χ0n) is 11.9. The molecule has 3 rings (SSSR count). The van der Waals surface area contributed by atoms with Crippen molar-refractivity contribution in [3.05, 3.63) is 52.7 Å². The molecule has 1 fully saturated rings. The first kappa shape index (κ1) is 14.9. The predicted molar refractivity (Wildman–Crippen MR) is 79.6 cm³/mol. The fourth-order valence-electron chi connectivity index (χ4n) is 2.39. The van der Waals surface area contributed by atoms with Gasteiger partial charge in [-0.05, 0) is 43.2 Å². The molecule has 6 heteroatoms. The van der Waals surface area contributed by atoms with Crippen molar-refractivity contribution < 1.29 is 18.3 Å². The molecule has 0 atom stereocenters. The number of ether oxygens (including phenoxy) is 1. The van der Waals surface area contributed by atoms with Gasteiger partial charge in [0, 0.05) is 13.1 Å². The standard InChI is InChI=1S/C16H15ClFNO3/c17-13-9-11(18)3-5-14(13)21-10-12-4-6-15(22-12)16(20)19-7-1-2-8-19/h3-6,9H,1-2,7-8,10H2. The third-order valence-electron chi connectivity index (χ3n) is 3.53. The number of likely N-dealkylation sites (tertiary alicyclic amines) is 1. The van der Waals surface area contributed by atoms with Crippen molar-refractivity contribution in [2.75, 3.05) is 13.1 Å². The summed E-state index contributed by atoms with van der Waals surface area (Å²) in [6.45, 7) is 1.67. The minimum Gasteiger partial charge on any atom is -0.484 e. The van der Waals surface area contributed by atoms with Gasteiger partial charge in [-0.1, -0.05) is 11.6 Å². The van der Waals surface area contributed by atoms with Crippen molar-refractivity contribution in [3.63, 3.8) is 0 Å². The summed E-state index contributed by atoms with van der Waals surface area (Å²) >= 11 is 5.88. The second kappa shape index (κ2) is 6.40. The fraction of sp³-hybridized carbons (Fsp3) is 0.312. The van der Waals surface area contributed by atoms with Gasteiger partial charge in [-0.2, -0.15) is 0 Å². The summed E-state index contributed by atoms with van der Waals surface area (Å²) in [5.41, 5.74) is 0. The molecule has 0 unspecified atom stereocenters. The summed E-state index contributed by atoms with van der Waals surface area (Å²) in [5.74, 6) is 0.679. The van der Waals surface area contributed by atoms with E-state index >= 15 is 0 Å². The van der Waals surface area contributed by atoms with Gasteiger partial charge in [-0.15, -0.1) is 0 Å². The topological polar surface area (TPSA) is 42.7 Å². The van der Waals surface area contributed by atoms with E-state index in [0.717, 1.165) is 25.9 Å². The average molecular weight is 324 g/mol. The number of hydrogen-bond acceptors (Lipinski definition) is 3. The molecule has 0 radical (unpaired) electrons. The smallest absolute Gasteiger partial charge is 0.289 e. The first-order valence-corrected chi connectivity index (χ1v) is 7.47. The number of furan rings is 1. The maximum atomic E-state index is 13.0. The van der Waals surface area contributed by atoms with Crippen LogP contribution in [0.4, 0.5) is 4.39 Å². The average Bonchev–Trinajstić information content (AvgIpc) is 3.17. The second-order valence-electron chi connectivity index (χ2n) is 5.13. The Bertz CT molecular complexity index is 680. The third-order valence-corrected chi connectivity index (χ3v) is 3.82. The first-order valence-electron chi connectivity index (χ1n) is 7.09. The maximum absolute atomic E-state index is 13.0. The lowest BCUT2D eigenvalue weighted by atomic mass is 10.3. The van der Waals surface area contributed by atoms with E-state index in [1.807, 2.05) is 0 Å². The fourth-order valence-corrected chi connectivity index (χ4v) is 2.61. The molecular weight excluding hydrogens is 309 g/mol. The van der Waals surface area contributed by atoms with Gasteiger partial charge in [0.15, 0.2) is 5.76 Å². The Hall–Kier alpha value is -2.01. The van der Waals surface area contributed by atoms with Gasteiger partial charge >= 0.3 is 0 Å². The molecular formula is C16H15ClFNO3. The molecule has 1 aliphatic rings. The van der Waals surface area contributed by atoms with E-state index in [1.165, 1.54) is 18.2 Å². The molecule has 0 saturated carbocycles. The van der Waals surface area contributed by atoms with E-state index in [2.05, 4.69) is 0 Å². The summed E-state index contributed by atoms with van der Waals surface area (Å²) in [7, 11) is 0. The van der Waals surface area contributed by atoms with E-state index in [4.69, 9.17) is 20.8 Å². The Kier molecular flexibility index (Phi) is 4.34. The Morgan fingerprint density at radius 3 is 2.77 bits per heavy atom. The van der Waals surface area contributed by atoms with Gasteiger partial charge in [0.05, 0.1) is 5.02 Å². The summed E-state index contributed by atoms with van der Waals surface area (Å²) in [6.07, 6.45) is 2.07. The van der Waals surface area contributed by atoms with Gasteiger partial charge in [-0.25, -0.2) is 4.39 Å². The third kappa shape index (κ3) is 3.25. The highest BCUT2D eigenvalue weighted by Crippen LogP contribution is 2.26. The van der Waals surface area contributed by atoms with Crippen molar-refractivity contribution >= 4 is 17.5 Å². The van der Waals surface area contributed by atoms with Gasteiger partial charge < -0.3 is 14.1 Å². The Labute approximate surface area is 132 Å². The highest BCUT2D eigenvalue weighted by molar-refractivity contribution is 6.32. The molecule has 2 heterocycles. The zero-order chi connectivity index (χ0) is 15.5. The minimum absolute atomic E-state index is 0.0939. The van der Waals surface area contributed by atoms with Crippen molar-refractivity contribution in [1.82, 2.24) is 4.90 Å². The number of carbonyl (C=O) groups is 1. The number of nitrogens with zero attached hydrogens (tertiary/aromatic N) is 1. The van der Waals surface area contributed by atoms with E-state index in [-0.39, 0.29) is 17.5 Å². The number of hydrogen-bond donors (Lipinski definition) is 0. The first-order chi connectivity index (χ1) is 10.6. The summed E-state index contributed by atoms with van der Waals surface area (Å²) in [6, 6.07) is 7.25. The molecule has 116 valence electrons. The normalized spacial score (nSPS) is 14.4. The van der Waals surface area contributed by atoms with Gasteiger partial charge in [0.2, 0.25) is 0 Å². The molecule has 0 N–H and O–H groups in total. The number of benzene rings is 1. The van der Waals surface area contributed by atoms with E-state index in [9.17, 15) is 9.18 Å². The SMILES string of the molecule is O=C(c1ccc(COc2ccc(F)cc2Cl)o1)N1CCCC1. The molecule has 1 aliphatic heterocycles. The van der Waals surface area contributed by atoms with Crippen LogP contribution in [0.3, 0.4) is 0 Å². The molecule has 1 aromatic carbocycles. The Morgan fingerprint density at radius 1 is 1.27 bits per heavy atom. The highest BCUT2D eigenvalue weighted by atomic mass is 35.5. The molecule has 1 saturated heterocycles. The summed E-state index contributed by atoms with van der Waals surface area (Å²) in [5, 5.41) is 0.194. The van der Waals surface area contributed by atoms with Crippen LogP contribution in [0.15, 0.2) is 34.7 Å². The lowest BCUT2D eigenvalue weighted by Crippen LogP contribution is -2.27. The highest BCUT2D eigenvalue weighted by Gasteiger charge is 2.22. The van der Waals surface area contributed by atoms with Crippen LogP contribution in [0, 0.1) is 5.82 Å². The Balaban J connectivity index is 1.63. The van der Waals surface area contributed by atoms with Crippen molar-refractivity contribution in [2.45, 2.75) is 19.4 Å². The van der Waals surface area contributed by atoms with Crippen LogP contribution in [-0.2, 0) is 6.61 Å². The molecule has 0 spiro atoms. The van der Waals surface area contributed by atoms with E-state index in [1.54, 1.807) is 17.0 Å². The molecule has 0 bridgehead atoms. The van der Waals surface area contributed by atoms with Crippen molar-refractivity contribution in [3.8, 4) is 5.75 Å². The molecule has 0 aliphatic carbocycles. The maximum Gasteiger partial charge on any atom is 0.289 e. The lowest BCUT2D eigenvalue weighted by molar-refractivity contribution is 0.0757. The van der Waals surface area contributed by atoms with Crippen LogP contribution >= 0.6 is 11.6 Å². The van der Waals surface area contributed by atoms with Crippen LogP contribution in [0.1, 0.15) is 29.2 Å². The molecule has 1 amide bonds. The predicted octanol–water partition coefficient (Wildman–Crippen LogP) is 3.89. The number of halogens is 2. The summed E-state index contributed by atoms with van der Waals surface area (Å²) in [4.78, 5) is 13.9. The number of rotatable bonds is 4.